The predicted octanol–water partition coefficient (Wildman–Crippen LogP) is 0.226. The van der Waals surface area contributed by atoms with E-state index in [0.717, 1.165) is 25.7 Å². The molecule has 1 heterocycles. The molecule has 1 amide bonds. The molecule has 1 atom stereocenters. The highest BCUT2D eigenvalue weighted by atomic mass is 35.5. The summed E-state index contributed by atoms with van der Waals surface area (Å²) in [7, 11) is 2.15. The molecule has 16 heavy (non-hydrogen) atoms. The smallest absolute Gasteiger partial charge is 0.225 e. The SMILES string of the molecule is CC(CNC(=O)C1CNC1)N(C)C1CC1.Cl. The van der Waals surface area contributed by atoms with Crippen LogP contribution >= 0.6 is 12.4 Å². The molecule has 1 aliphatic carbocycles. The first-order valence-electron chi connectivity index (χ1n) is 5.89. The van der Waals surface area contributed by atoms with E-state index in [1.165, 1.54) is 12.8 Å². The highest BCUT2D eigenvalue weighted by Gasteiger charge is 2.30. The molecule has 2 aliphatic rings. The minimum absolute atomic E-state index is 0. The Balaban J connectivity index is 0.00000128. The summed E-state index contributed by atoms with van der Waals surface area (Å²) in [5, 5.41) is 6.14. The molecule has 1 saturated heterocycles. The number of carbonyl (C=O) groups excluding carboxylic acids is 1. The van der Waals surface area contributed by atoms with Crippen molar-refractivity contribution in [2.75, 3.05) is 26.7 Å². The van der Waals surface area contributed by atoms with E-state index in [4.69, 9.17) is 0 Å². The lowest BCUT2D eigenvalue weighted by Crippen LogP contribution is -2.52. The van der Waals surface area contributed by atoms with E-state index in [0.29, 0.717) is 6.04 Å². The van der Waals surface area contributed by atoms with Crippen LogP contribution < -0.4 is 10.6 Å². The van der Waals surface area contributed by atoms with Gasteiger partial charge in [0.15, 0.2) is 0 Å². The fraction of sp³-hybridized carbons (Fsp3) is 0.909. The number of carbonyl (C=O) groups is 1. The van der Waals surface area contributed by atoms with Crippen molar-refractivity contribution in [3.63, 3.8) is 0 Å². The Morgan fingerprint density at radius 3 is 2.56 bits per heavy atom. The molecule has 0 spiro atoms. The minimum Gasteiger partial charge on any atom is -0.354 e. The van der Waals surface area contributed by atoms with E-state index < -0.39 is 0 Å². The van der Waals surface area contributed by atoms with Crippen LogP contribution in [-0.2, 0) is 4.79 Å². The molecule has 0 aromatic heterocycles. The second-order valence-corrected chi connectivity index (χ2v) is 4.85. The Morgan fingerprint density at radius 2 is 2.12 bits per heavy atom. The highest BCUT2D eigenvalue weighted by molar-refractivity contribution is 5.85. The number of hydrogen-bond acceptors (Lipinski definition) is 3. The molecule has 4 nitrogen and oxygen atoms in total. The fourth-order valence-corrected chi connectivity index (χ4v) is 1.85. The molecule has 94 valence electrons. The van der Waals surface area contributed by atoms with Crippen molar-refractivity contribution >= 4 is 18.3 Å². The Kier molecular flexibility index (Phi) is 5.02. The molecular formula is C11H22ClN3O. The standard InChI is InChI=1S/C11H21N3O.ClH/c1-8(14(2)10-3-4-10)5-13-11(15)9-6-12-7-9;/h8-10,12H,3-7H2,1-2H3,(H,13,15);1H. The van der Waals surface area contributed by atoms with Gasteiger partial charge >= 0.3 is 0 Å². The molecule has 1 aliphatic heterocycles. The van der Waals surface area contributed by atoms with E-state index in [-0.39, 0.29) is 24.2 Å². The van der Waals surface area contributed by atoms with E-state index in [2.05, 4.69) is 29.5 Å². The van der Waals surface area contributed by atoms with Crippen LogP contribution in [0.4, 0.5) is 0 Å². The van der Waals surface area contributed by atoms with Gasteiger partial charge in [-0.05, 0) is 26.8 Å². The predicted molar refractivity (Wildman–Crippen MR) is 66.9 cm³/mol. The second-order valence-electron chi connectivity index (χ2n) is 4.85. The molecule has 2 rings (SSSR count). The molecule has 1 unspecified atom stereocenters. The number of hydrogen-bond donors (Lipinski definition) is 2. The van der Waals surface area contributed by atoms with Crippen LogP contribution in [0.25, 0.3) is 0 Å². The Morgan fingerprint density at radius 1 is 1.50 bits per heavy atom. The van der Waals surface area contributed by atoms with Crippen LogP contribution in [-0.4, -0.2) is 49.6 Å². The third-order valence-electron chi connectivity index (χ3n) is 3.54. The number of likely N-dealkylation sites (N-methyl/N-ethyl adjacent to an activating group) is 1. The Bertz CT molecular complexity index is 241. The molecule has 0 radical (unpaired) electrons. The summed E-state index contributed by atoms with van der Waals surface area (Å²) in [5.74, 6) is 0.424. The minimum atomic E-state index is 0. The second kappa shape index (κ2) is 5.84. The maximum atomic E-state index is 11.6. The van der Waals surface area contributed by atoms with Crippen molar-refractivity contribution in [1.29, 1.82) is 0 Å². The summed E-state index contributed by atoms with van der Waals surface area (Å²) in [6, 6.07) is 1.22. The lowest BCUT2D eigenvalue weighted by Gasteiger charge is -2.28. The maximum absolute atomic E-state index is 11.6. The topological polar surface area (TPSA) is 44.4 Å². The third-order valence-corrected chi connectivity index (χ3v) is 3.54. The number of amides is 1. The molecule has 2 fully saturated rings. The van der Waals surface area contributed by atoms with Gasteiger partial charge < -0.3 is 10.6 Å². The lowest BCUT2D eigenvalue weighted by atomic mass is 10.0. The van der Waals surface area contributed by atoms with Gasteiger partial charge in [-0.15, -0.1) is 12.4 Å². The molecule has 0 aromatic rings. The summed E-state index contributed by atoms with van der Waals surface area (Å²) in [6.07, 6.45) is 2.64. The summed E-state index contributed by atoms with van der Waals surface area (Å²) in [4.78, 5) is 13.9. The van der Waals surface area contributed by atoms with E-state index >= 15 is 0 Å². The third kappa shape index (κ3) is 3.34. The summed E-state index contributed by atoms with van der Waals surface area (Å²) < 4.78 is 0. The lowest BCUT2D eigenvalue weighted by molar-refractivity contribution is -0.126. The number of rotatable bonds is 5. The summed E-state index contributed by atoms with van der Waals surface area (Å²) in [5.41, 5.74) is 0. The van der Waals surface area contributed by atoms with Gasteiger partial charge in [-0.2, -0.15) is 0 Å². The monoisotopic (exact) mass is 247 g/mol. The zero-order valence-corrected chi connectivity index (χ0v) is 10.8. The van der Waals surface area contributed by atoms with Crippen LogP contribution in [0.1, 0.15) is 19.8 Å². The average Bonchev–Trinajstić information content (AvgIpc) is 2.93. The molecule has 0 bridgehead atoms. The first kappa shape index (κ1) is 13.7. The maximum Gasteiger partial charge on any atom is 0.225 e. The van der Waals surface area contributed by atoms with Crippen molar-refractivity contribution in [3.8, 4) is 0 Å². The van der Waals surface area contributed by atoms with Crippen molar-refractivity contribution in [1.82, 2.24) is 15.5 Å². The zero-order chi connectivity index (χ0) is 10.8. The van der Waals surface area contributed by atoms with Gasteiger partial charge in [0.2, 0.25) is 5.91 Å². The van der Waals surface area contributed by atoms with Crippen molar-refractivity contribution < 1.29 is 4.79 Å². The molecule has 0 aromatic carbocycles. The van der Waals surface area contributed by atoms with Crippen LogP contribution in [0.2, 0.25) is 0 Å². The van der Waals surface area contributed by atoms with Gasteiger partial charge in [0, 0.05) is 31.7 Å². The number of nitrogens with zero attached hydrogens (tertiary/aromatic N) is 1. The summed E-state index contributed by atoms with van der Waals surface area (Å²) >= 11 is 0. The average molecular weight is 248 g/mol. The molecule has 5 heteroatoms. The van der Waals surface area contributed by atoms with Crippen molar-refractivity contribution in [3.05, 3.63) is 0 Å². The normalized spacial score (nSPS) is 22.2. The Hall–Kier alpha value is -0.320. The van der Waals surface area contributed by atoms with Crippen molar-refractivity contribution in [2.45, 2.75) is 31.8 Å². The molecule has 1 saturated carbocycles. The van der Waals surface area contributed by atoms with E-state index in [9.17, 15) is 4.79 Å². The zero-order valence-electron chi connectivity index (χ0n) is 10.0. The van der Waals surface area contributed by atoms with Gasteiger partial charge in [-0.3, -0.25) is 9.69 Å². The quantitative estimate of drug-likeness (QED) is 0.731. The molecular weight excluding hydrogens is 226 g/mol. The van der Waals surface area contributed by atoms with Crippen molar-refractivity contribution in [2.24, 2.45) is 5.92 Å². The first-order valence-corrected chi connectivity index (χ1v) is 5.89. The van der Waals surface area contributed by atoms with Crippen LogP contribution in [0, 0.1) is 5.92 Å². The van der Waals surface area contributed by atoms with Crippen LogP contribution in [0.5, 0.6) is 0 Å². The Labute approximate surface area is 104 Å². The van der Waals surface area contributed by atoms with Crippen LogP contribution in [0.15, 0.2) is 0 Å². The van der Waals surface area contributed by atoms with Gasteiger partial charge in [-0.25, -0.2) is 0 Å². The van der Waals surface area contributed by atoms with E-state index in [1.807, 2.05) is 0 Å². The first-order chi connectivity index (χ1) is 7.18. The van der Waals surface area contributed by atoms with Gasteiger partial charge in [0.05, 0.1) is 5.92 Å². The summed E-state index contributed by atoms with van der Waals surface area (Å²) in [6.45, 7) is 4.65. The highest BCUT2D eigenvalue weighted by Crippen LogP contribution is 2.26. The molecule has 2 N–H and O–H groups in total. The van der Waals surface area contributed by atoms with Gasteiger partial charge in [-0.1, -0.05) is 0 Å². The van der Waals surface area contributed by atoms with Gasteiger partial charge in [0.25, 0.3) is 0 Å². The largest absolute Gasteiger partial charge is 0.354 e. The van der Waals surface area contributed by atoms with E-state index in [1.54, 1.807) is 0 Å². The number of halogens is 1. The fourth-order valence-electron chi connectivity index (χ4n) is 1.85. The van der Waals surface area contributed by atoms with Gasteiger partial charge in [0.1, 0.15) is 0 Å². The number of nitrogens with one attached hydrogen (secondary N) is 2. The van der Waals surface area contributed by atoms with Crippen LogP contribution in [0.3, 0.4) is 0 Å².